The maximum Gasteiger partial charge on any atom is 0.231 e. The minimum atomic E-state index is -0.878. The first-order valence-corrected chi connectivity index (χ1v) is 9.99. The van der Waals surface area contributed by atoms with Gasteiger partial charge in [0.25, 0.3) is 0 Å². The van der Waals surface area contributed by atoms with Crippen LogP contribution in [0.1, 0.15) is 19.4 Å². The lowest BCUT2D eigenvalue weighted by atomic mass is 10.1. The predicted molar refractivity (Wildman–Crippen MR) is 108 cm³/mol. The highest BCUT2D eigenvalue weighted by Crippen LogP contribution is 2.32. The zero-order valence-electron chi connectivity index (χ0n) is 16.9. The molecule has 0 aromatic heterocycles. The number of nitrogens with one attached hydrogen (secondary N) is 2. The van der Waals surface area contributed by atoms with Gasteiger partial charge in [0.15, 0.2) is 17.5 Å². The van der Waals surface area contributed by atoms with Gasteiger partial charge in [0.2, 0.25) is 6.79 Å². The van der Waals surface area contributed by atoms with E-state index in [-0.39, 0.29) is 0 Å². The standard InChI is InChI=1S/C20H32N4O4/c1-3-21-19(23-13-20(2,25)14-24-8-10-26-11-9-24)22-7-6-16-4-5-17-18(12-16)28-15-27-17/h4-5,12,25H,3,6-11,13-15H2,1-2H3,(H2,21,22,23). The van der Waals surface area contributed by atoms with Gasteiger partial charge in [0.05, 0.1) is 25.4 Å². The molecule has 2 aliphatic rings. The van der Waals surface area contributed by atoms with Crippen LogP contribution in [0.15, 0.2) is 23.2 Å². The molecule has 0 bridgehead atoms. The molecule has 1 aromatic carbocycles. The van der Waals surface area contributed by atoms with Gasteiger partial charge >= 0.3 is 0 Å². The third kappa shape index (κ3) is 6.25. The van der Waals surface area contributed by atoms with Gasteiger partial charge in [-0.15, -0.1) is 0 Å². The number of morpholine rings is 1. The summed E-state index contributed by atoms with van der Waals surface area (Å²) < 4.78 is 16.1. The fourth-order valence-electron chi connectivity index (χ4n) is 3.30. The van der Waals surface area contributed by atoms with Crippen LogP contribution in [0.4, 0.5) is 0 Å². The summed E-state index contributed by atoms with van der Waals surface area (Å²) in [7, 11) is 0. The van der Waals surface area contributed by atoms with Crippen LogP contribution >= 0.6 is 0 Å². The van der Waals surface area contributed by atoms with E-state index < -0.39 is 5.60 Å². The first-order chi connectivity index (χ1) is 13.6. The number of hydrogen-bond donors (Lipinski definition) is 3. The van der Waals surface area contributed by atoms with Crippen LogP contribution in [0, 0.1) is 0 Å². The Bertz CT molecular complexity index is 660. The van der Waals surface area contributed by atoms with Crippen LogP contribution in [0.2, 0.25) is 0 Å². The second-order valence-corrected chi connectivity index (χ2v) is 7.45. The average Bonchev–Trinajstić information content (AvgIpc) is 3.14. The van der Waals surface area contributed by atoms with Gasteiger partial charge in [-0.3, -0.25) is 9.89 Å². The van der Waals surface area contributed by atoms with Crippen LogP contribution in [-0.4, -0.2) is 80.8 Å². The molecule has 0 amide bonds. The van der Waals surface area contributed by atoms with Gasteiger partial charge in [-0.1, -0.05) is 6.07 Å². The summed E-state index contributed by atoms with van der Waals surface area (Å²) in [4.78, 5) is 6.80. The molecular weight excluding hydrogens is 360 g/mol. The topological polar surface area (TPSA) is 87.6 Å². The first kappa shape index (κ1) is 20.7. The molecule has 1 atom stereocenters. The van der Waals surface area contributed by atoms with E-state index in [2.05, 4.69) is 20.5 Å². The fourth-order valence-corrected chi connectivity index (χ4v) is 3.30. The van der Waals surface area contributed by atoms with Crippen molar-refractivity contribution in [1.82, 2.24) is 15.5 Å². The molecule has 28 heavy (non-hydrogen) atoms. The summed E-state index contributed by atoms with van der Waals surface area (Å²) in [6.45, 7) is 9.74. The van der Waals surface area contributed by atoms with Gasteiger partial charge in [0, 0.05) is 32.7 Å². The van der Waals surface area contributed by atoms with Crippen LogP contribution in [0.25, 0.3) is 0 Å². The largest absolute Gasteiger partial charge is 0.454 e. The van der Waals surface area contributed by atoms with Crippen LogP contribution in [0.3, 0.4) is 0 Å². The second kappa shape index (κ2) is 9.95. The van der Waals surface area contributed by atoms with Crippen molar-refractivity contribution in [3.63, 3.8) is 0 Å². The number of benzene rings is 1. The summed E-state index contributed by atoms with van der Waals surface area (Å²) in [5.74, 6) is 2.32. The van der Waals surface area contributed by atoms with Crippen molar-refractivity contribution in [1.29, 1.82) is 0 Å². The number of guanidine groups is 1. The molecule has 3 N–H and O–H groups in total. The van der Waals surface area contributed by atoms with Crippen molar-refractivity contribution in [3.8, 4) is 11.5 Å². The van der Waals surface area contributed by atoms with Crippen LogP contribution in [-0.2, 0) is 11.2 Å². The molecule has 0 aliphatic carbocycles. The molecule has 2 heterocycles. The van der Waals surface area contributed by atoms with E-state index >= 15 is 0 Å². The summed E-state index contributed by atoms with van der Waals surface area (Å²) in [5.41, 5.74) is 0.295. The van der Waals surface area contributed by atoms with E-state index in [1.807, 2.05) is 32.0 Å². The minimum absolute atomic E-state index is 0.290. The molecule has 0 radical (unpaired) electrons. The predicted octanol–water partition coefficient (Wildman–Crippen LogP) is 0.596. The normalized spacial score (nSPS) is 19.3. The highest BCUT2D eigenvalue weighted by molar-refractivity contribution is 5.79. The molecular formula is C20H32N4O4. The second-order valence-electron chi connectivity index (χ2n) is 7.45. The number of nitrogens with zero attached hydrogens (tertiary/aromatic N) is 2. The Morgan fingerprint density at radius 2 is 2.00 bits per heavy atom. The summed E-state index contributed by atoms with van der Waals surface area (Å²) in [5, 5.41) is 17.3. The monoisotopic (exact) mass is 392 g/mol. The van der Waals surface area contributed by atoms with Gasteiger partial charge in [-0.05, 0) is 38.0 Å². The highest BCUT2D eigenvalue weighted by Gasteiger charge is 2.25. The number of aliphatic hydroxyl groups is 1. The Labute approximate surface area is 166 Å². The summed E-state index contributed by atoms with van der Waals surface area (Å²) in [6, 6.07) is 6.01. The number of hydrogen-bond acceptors (Lipinski definition) is 6. The molecule has 1 unspecified atom stereocenters. The zero-order chi connectivity index (χ0) is 19.8. The Balaban J connectivity index is 1.47. The van der Waals surface area contributed by atoms with Crippen molar-refractivity contribution in [2.24, 2.45) is 4.99 Å². The molecule has 8 heteroatoms. The smallest absolute Gasteiger partial charge is 0.231 e. The molecule has 156 valence electrons. The van der Waals surface area contributed by atoms with Gasteiger partial charge in [-0.25, -0.2) is 0 Å². The number of rotatable bonds is 8. The lowest BCUT2D eigenvalue weighted by molar-refractivity contribution is -0.0179. The van der Waals surface area contributed by atoms with Gasteiger partial charge < -0.3 is 30.0 Å². The van der Waals surface area contributed by atoms with Gasteiger partial charge in [-0.2, -0.15) is 0 Å². The molecule has 0 spiro atoms. The third-order valence-corrected chi connectivity index (χ3v) is 4.73. The van der Waals surface area contributed by atoms with Crippen molar-refractivity contribution in [3.05, 3.63) is 23.8 Å². The van der Waals surface area contributed by atoms with Gasteiger partial charge in [0.1, 0.15) is 0 Å². The number of ether oxygens (including phenoxy) is 3. The quantitative estimate of drug-likeness (QED) is 0.441. The van der Waals surface area contributed by atoms with E-state index in [0.29, 0.717) is 25.8 Å². The molecule has 8 nitrogen and oxygen atoms in total. The van der Waals surface area contributed by atoms with E-state index in [0.717, 1.165) is 57.3 Å². The van der Waals surface area contributed by atoms with Crippen LogP contribution < -0.4 is 20.1 Å². The van der Waals surface area contributed by atoms with Crippen molar-refractivity contribution in [2.45, 2.75) is 25.9 Å². The Morgan fingerprint density at radius 1 is 1.21 bits per heavy atom. The van der Waals surface area contributed by atoms with E-state index in [9.17, 15) is 5.11 Å². The maximum absolute atomic E-state index is 10.7. The Morgan fingerprint density at radius 3 is 2.79 bits per heavy atom. The molecule has 2 aliphatic heterocycles. The molecule has 1 fully saturated rings. The third-order valence-electron chi connectivity index (χ3n) is 4.73. The average molecular weight is 393 g/mol. The lowest BCUT2D eigenvalue weighted by Crippen LogP contribution is -2.48. The minimum Gasteiger partial charge on any atom is -0.454 e. The van der Waals surface area contributed by atoms with Crippen LogP contribution in [0.5, 0.6) is 11.5 Å². The SMILES string of the molecule is CCNC(=NCC(C)(O)CN1CCOCC1)NCCc1ccc2c(c1)OCO2. The lowest BCUT2D eigenvalue weighted by Gasteiger charge is -2.33. The number of β-amino-alcohol motifs (C(OH)–C–C–N with tert-alkyl or cyclic N) is 1. The zero-order valence-corrected chi connectivity index (χ0v) is 16.9. The molecule has 1 aromatic rings. The number of aliphatic imine (C=N–C) groups is 1. The van der Waals surface area contributed by atoms with Crippen molar-refractivity contribution >= 4 is 5.96 Å². The molecule has 3 rings (SSSR count). The molecule has 1 saturated heterocycles. The van der Waals surface area contributed by atoms with Crippen molar-refractivity contribution < 1.29 is 19.3 Å². The number of fused-ring (bicyclic) bond motifs is 1. The molecule has 0 saturated carbocycles. The maximum atomic E-state index is 10.7. The summed E-state index contributed by atoms with van der Waals surface area (Å²) in [6.07, 6.45) is 0.839. The van der Waals surface area contributed by atoms with E-state index in [4.69, 9.17) is 14.2 Å². The fraction of sp³-hybridized carbons (Fsp3) is 0.650. The highest BCUT2D eigenvalue weighted by atomic mass is 16.7. The Kier molecular flexibility index (Phi) is 7.36. The Hall–Kier alpha value is -2.03. The van der Waals surface area contributed by atoms with E-state index in [1.165, 1.54) is 5.56 Å². The summed E-state index contributed by atoms with van der Waals surface area (Å²) >= 11 is 0. The van der Waals surface area contributed by atoms with E-state index in [1.54, 1.807) is 0 Å². The van der Waals surface area contributed by atoms with Crippen molar-refractivity contribution in [2.75, 3.05) is 59.3 Å². The first-order valence-electron chi connectivity index (χ1n) is 9.99.